The van der Waals surface area contributed by atoms with Crippen LogP contribution in [0.3, 0.4) is 0 Å². The van der Waals surface area contributed by atoms with Crippen molar-refractivity contribution in [3.8, 4) is 5.88 Å². The SMILES string of the molecule is COc1ccc2[nH]c(=S)n(C3CCN(C)C3)c2n1. The van der Waals surface area contributed by atoms with Crippen molar-refractivity contribution in [2.24, 2.45) is 0 Å². The molecular formula is C12H16N4OS. The maximum atomic E-state index is 5.42. The summed E-state index contributed by atoms with van der Waals surface area (Å²) in [5, 5.41) is 0. The Hall–Kier alpha value is -1.40. The highest BCUT2D eigenvalue weighted by molar-refractivity contribution is 7.71. The van der Waals surface area contributed by atoms with E-state index < -0.39 is 0 Å². The number of likely N-dealkylation sites (tertiary alicyclic amines) is 1. The molecule has 96 valence electrons. The van der Waals surface area contributed by atoms with Crippen molar-refractivity contribution in [1.29, 1.82) is 0 Å². The smallest absolute Gasteiger partial charge is 0.215 e. The number of ether oxygens (including phenoxy) is 1. The summed E-state index contributed by atoms with van der Waals surface area (Å²) in [4.78, 5) is 10.0. The summed E-state index contributed by atoms with van der Waals surface area (Å²) in [5.74, 6) is 0.622. The second-order valence-electron chi connectivity index (χ2n) is 4.73. The maximum Gasteiger partial charge on any atom is 0.215 e. The normalized spacial score (nSPS) is 20.7. The third-order valence-electron chi connectivity index (χ3n) is 3.48. The fourth-order valence-corrected chi connectivity index (χ4v) is 2.90. The van der Waals surface area contributed by atoms with Gasteiger partial charge in [-0.05, 0) is 38.3 Å². The molecule has 1 atom stereocenters. The van der Waals surface area contributed by atoms with Gasteiger partial charge in [-0.15, -0.1) is 0 Å². The summed E-state index contributed by atoms with van der Waals surface area (Å²) in [6, 6.07) is 4.21. The number of hydrogen-bond acceptors (Lipinski definition) is 4. The van der Waals surface area contributed by atoms with Crippen LogP contribution in [-0.2, 0) is 0 Å². The Morgan fingerprint density at radius 2 is 2.33 bits per heavy atom. The minimum Gasteiger partial charge on any atom is -0.481 e. The lowest BCUT2D eigenvalue weighted by atomic mass is 10.2. The van der Waals surface area contributed by atoms with Gasteiger partial charge in [-0.25, -0.2) is 0 Å². The van der Waals surface area contributed by atoms with Gasteiger partial charge in [-0.2, -0.15) is 4.98 Å². The van der Waals surface area contributed by atoms with Crippen molar-refractivity contribution in [1.82, 2.24) is 19.4 Å². The van der Waals surface area contributed by atoms with E-state index in [1.807, 2.05) is 12.1 Å². The first-order valence-electron chi connectivity index (χ1n) is 6.03. The Morgan fingerprint density at radius 3 is 3.00 bits per heavy atom. The van der Waals surface area contributed by atoms with E-state index in [4.69, 9.17) is 17.0 Å². The van der Waals surface area contributed by atoms with Gasteiger partial charge in [-0.1, -0.05) is 0 Å². The van der Waals surface area contributed by atoms with Gasteiger partial charge < -0.3 is 14.6 Å². The number of rotatable bonds is 2. The second kappa shape index (κ2) is 4.37. The minimum atomic E-state index is 0.399. The zero-order valence-corrected chi connectivity index (χ0v) is 11.3. The molecule has 0 bridgehead atoms. The van der Waals surface area contributed by atoms with Crippen LogP contribution in [0.4, 0.5) is 0 Å². The molecule has 1 aliphatic heterocycles. The Kier molecular flexibility index (Phi) is 2.83. The third-order valence-corrected chi connectivity index (χ3v) is 3.78. The van der Waals surface area contributed by atoms with Crippen LogP contribution in [0.5, 0.6) is 5.88 Å². The average molecular weight is 264 g/mol. The van der Waals surface area contributed by atoms with Gasteiger partial charge in [0.15, 0.2) is 10.4 Å². The topological polar surface area (TPSA) is 46.1 Å². The molecular weight excluding hydrogens is 248 g/mol. The van der Waals surface area contributed by atoms with Crippen LogP contribution in [0.25, 0.3) is 11.2 Å². The van der Waals surface area contributed by atoms with Crippen LogP contribution in [0.2, 0.25) is 0 Å². The molecule has 1 aliphatic rings. The number of imidazole rings is 1. The molecule has 0 aromatic carbocycles. The lowest BCUT2D eigenvalue weighted by molar-refractivity contribution is 0.390. The highest BCUT2D eigenvalue weighted by Gasteiger charge is 2.24. The van der Waals surface area contributed by atoms with E-state index in [0.29, 0.717) is 11.9 Å². The molecule has 3 rings (SSSR count). The van der Waals surface area contributed by atoms with E-state index in [1.165, 1.54) is 0 Å². The molecule has 1 saturated heterocycles. The van der Waals surface area contributed by atoms with E-state index in [0.717, 1.165) is 35.4 Å². The summed E-state index contributed by atoms with van der Waals surface area (Å²) >= 11 is 5.42. The van der Waals surface area contributed by atoms with Gasteiger partial charge in [0.2, 0.25) is 5.88 Å². The predicted octanol–water partition coefficient (Wildman–Crippen LogP) is 1.98. The van der Waals surface area contributed by atoms with Crippen LogP contribution >= 0.6 is 12.2 Å². The minimum absolute atomic E-state index is 0.399. The number of methoxy groups -OCH3 is 1. The zero-order chi connectivity index (χ0) is 12.7. The fourth-order valence-electron chi connectivity index (χ4n) is 2.56. The molecule has 2 aromatic heterocycles. The molecule has 1 fully saturated rings. The third kappa shape index (κ3) is 1.81. The maximum absolute atomic E-state index is 5.42. The highest BCUT2D eigenvalue weighted by atomic mass is 32.1. The van der Waals surface area contributed by atoms with Crippen molar-refractivity contribution in [2.45, 2.75) is 12.5 Å². The van der Waals surface area contributed by atoms with Gasteiger partial charge in [0.1, 0.15) is 0 Å². The Morgan fingerprint density at radius 1 is 1.50 bits per heavy atom. The first kappa shape index (κ1) is 11.7. The Balaban J connectivity index is 2.15. The van der Waals surface area contributed by atoms with E-state index >= 15 is 0 Å². The number of fused-ring (bicyclic) bond motifs is 1. The molecule has 2 aromatic rings. The first-order valence-corrected chi connectivity index (χ1v) is 6.43. The number of likely N-dealkylation sites (N-methyl/N-ethyl adjacent to an activating group) is 1. The number of aromatic nitrogens is 3. The quantitative estimate of drug-likeness (QED) is 0.843. The lowest BCUT2D eigenvalue weighted by Crippen LogP contribution is -2.16. The molecule has 0 saturated carbocycles. The van der Waals surface area contributed by atoms with Crippen molar-refractivity contribution < 1.29 is 4.74 Å². The number of H-pyrrole nitrogens is 1. The molecule has 5 nitrogen and oxygen atoms in total. The van der Waals surface area contributed by atoms with E-state index in [9.17, 15) is 0 Å². The molecule has 1 unspecified atom stereocenters. The van der Waals surface area contributed by atoms with E-state index in [-0.39, 0.29) is 0 Å². The largest absolute Gasteiger partial charge is 0.481 e. The van der Waals surface area contributed by atoms with Crippen LogP contribution < -0.4 is 4.74 Å². The lowest BCUT2D eigenvalue weighted by Gasteiger charge is -2.13. The summed E-state index contributed by atoms with van der Waals surface area (Å²) < 4.78 is 8.05. The fraction of sp³-hybridized carbons (Fsp3) is 0.500. The van der Waals surface area contributed by atoms with Gasteiger partial charge in [0, 0.05) is 12.6 Å². The number of hydrogen-bond donors (Lipinski definition) is 1. The molecule has 1 N–H and O–H groups in total. The van der Waals surface area contributed by atoms with Crippen LogP contribution in [0.15, 0.2) is 12.1 Å². The summed E-state index contributed by atoms with van der Waals surface area (Å²) in [6.07, 6.45) is 1.11. The number of nitrogens with one attached hydrogen (secondary N) is 1. The van der Waals surface area contributed by atoms with Crippen molar-refractivity contribution in [3.63, 3.8) is 0 Å². The first-order chi connectivity index (χ1) is 8.69. The predicted molar refractivity (Wildman–Crippen MR) is 72.6 cm³/mol. The molecule has 18 heavy (non-hydrogen) atoms. The van der Waals surface area contributed by atoms with Gasteiger partial charge in [-0.3, -0.25) is 4.57 Å². The summed E-state index contributed by atoms with van der Waals surface area (Å²) in [6.45, 7) is 2.11. The monoisotopic (exact) mass is 264 g/mol. The van der Waals surface area contributed by atoms with Gasteiger partial charge in [0.05, 0.1) is 18.7 Å². The Bertz CT molecular complexity index is 633. The molecule has 3 heterocycles. The number of aromatic amines is 1. The molecule has 0 spiro atoms. The second-order valence-corrected chi connectivity index (χ2v) is 5.12. The summed E-state index contributed by atoms with van der Waals surface area (Å²) in [7, 11) is 3.76. The zero-order valence-electron chi connectivity index (χ0n) is 10.5. The molecule has 0 radical (unpaired) electrons. The van der Waals surface area contributed by atoms with E-state index in [1.54, 1.807) is 7.11 Å². The van der Waals surface area contributed by atoms with Gasteiger partial charge >= 0.3 is 0 Å². The van der Waals surface area contributed by atoms with Gasteiger partial charge in [0.25, 0.3) is 0 Å². The summed E-state index contributed by atoms with van der Waals surface area (Å²) in [5.41, 5.74) is 1.86. The van der Waals surface area contributed by atoms with Crippen molar-refractivity contribution in [2.75, 3.05) is 27.2 Å². The molecule has 0 aliphatic carbocycles. The number of nitrogens with zero attached hydrogens (tertiary/aromatic N) is 3. The van der Waals surface area contributed by atoms with Crippen LogP contribution in [0.1, 0.15) is 12.5 Å². The standard InChI is InChI=1S/C12H16N4OS/c1-15-6-5-8(7-15)16-11-9(13-12(16)18)3-4-10(14-11)17-2/h3-4,8H,5-7H2,1-2H3,(H,13,18). The molecule has 6 heteroatoms. The average Bonchev–Trinajstić information content (AvgIpc) is 2.90. The molecule has 0 amide bonds. The highest BCUT2D eigenvalue weighted by Crippen LogP contribution is 2.26. The van der Waals surface area contributed by atoms with E-state index in [2.05, 4.69) is 26.5 Å². The van der Waals surface area contributed by atoms with Crippen LogP contribution in [-0.4, -0.2) is 46.7 Å². The Labute approximate surface area is 110 Å². The number of pyridine rings is 1. The van der Waals surface area contributed by atoms with Crippen LogP contribution in [0, 0.1) is 4.77 Å². The van der Waals surface area contributed by atoms with Crippen molar-refractivity contribution >= 4 is 23.4 Å². The van der Waals surface area contributed by atoms with Crippen molar-refractivity contribution in [3.05, 3.63) is 16.9 Å².